The molecule has 358 valence electrons. The van der Waals surface area contributed by atoms with E-state index >= 15 is 0 Å². The summed E-state index contributed by atoms with van der Waals surface area (Å²) in [6.45, 7) is 18.4. The van der Waals surface area contributed by atoms with E-state index in [9.17, 15) is 46.0 Å². The summed E-state index contributed by atoms with van der Waals surface area (Å²) in [5, 5.41) is 95.8. The summed E-state index contributed by atoms with van der Waals surface area (Å²) in [5.74, 6) is 1.80. The molecule has 3 saturated heterocycles. The maximum absolute atomic E-state index is 11.6. The second-order valence-corrected chi connectivity index (χ2v) is 23.5. The van der Waals surface area contributed by atoms with Crippen LogP contribution in [-0.2, 0) is 28.4 Å². The Morgan fingerprint density at radius 3 is 1.81 bits per heavy atom. The van der Waals surface area contributed by atoms with E-state index in [0.29, 0.717) is 35.0 Å². The quantitative estimate of drug-likeness (QED) is 0.159. The van der Waals surface area contributed by atoms with Gasteiger partial charge in [-0.1, -0.05) is 55.4 Å². The minimum atomic E-state index is -1.82. The van der Waals surface area contributed by atoms with Crippen molar-refractivity contribution >= 4 is 0 Å². The van der Waals surface area contributed by atoms with Crippen molar-refractivity contribution in [1.29, 1.82) is 0 Å². The lowest BCUT2D eigenvalue weighted by atomic mass is 9.30. The van der Waals surface area contributed by atoms with Crippen LogP contribution < -0.4 is 0 Å². The lowest BCUT2D eigenvalue weighted by molar-refractivity contribution is -0.394. The summed E-state index contributed by atoms with van der Waals surface area (Å²) in [6, 6.07) is 0. The molecule has 0 aromatic rings. The van der Waals surface area contributed by atoms with Gasteiger partial charge in [0.25, 0.3) is 0 Å². The molecule has 0 radical (unpaired) electrons. The summed E-state index contributed by atoms with van der Waals surface area (Å²) >= 11 is 0. The highest BCUT2D eigenvalue weighted by Gasteiger charge is 2.71. The fraction of sp³-hybridized carbons (Fsp3) is 1.00. The molecule has 9 N–H and O–H groups in total. The van der Waals surface area contributed by atoms with Gasteiger partial charge in [-0.05, 0) is 127 Å². The van der Waals surface area contributed by atoms with Gasteiger partial charge >= 0.3 is 0 Å². The van der Waals surface area contributed by atoms with E-state index in [1.165, 1.54) is 44.9 Å². The number of hydrogen-bond acceptors (Lipinski definition) is 15. The fourth-order valence-corrected chi connectivity index (χ4v) is 15.5. The van der Waals surface area contributed by atoms with Gasteiger partial charge in [0.2, 0.25) is 0 Å². The molecule has 0 bridgehead atoms. The molecule has 8 fully saturated rings. The lowest BCUT2D eigenvalue weighted by Gasteiger charge is -2.75. The first-order chi connectivity index (χ1) is 29.0. The van der Waals surface area contributed by atoms with Crippen molar-refractivity contribution in [2.24, 2.45) is 56.2 Å². The molecule has 0 aromatic heterocycles. The standard InChI is InChI=1S/C47H80O15/c1-23-25(9-10-28-44(23,5)12-11-29-45(28,6)16-18-47(8)30-19-42(2,3)13-14-43(30,4)15-17-46(29,47)7)58-41-38(62-40-36(56)34(54)32(52)26(20-48)59-40)37(33(53)27(21-49)60-41)61-39-35(55)31(51)24(50)22-57-39/h23-41,48-56H,9-22H2,1-8H3/t23-,24+,25-,26?,27?,28?,29?,30?,31?,32-,33+,34?,35?,36?,37?,38?,39-,40-,41+,43+,44+,45-,46+,47-/m0/s1. The van der Waals surface area contributed by atoms with Crippen LogP contribution in [0.3, 0.4) is 0 Å². The van der Waals surface area contributed by atoms with Gasteiger partial charge in [0, 0.05) is 0 Å². The third kappa shape index (κ3) is 7.50. The third-order valence-corrected chi connectivity index (χ3v) is 19.9. The van der Waals surface area contributed by atoms with E-state index in [4.69, 9.17) is 28.4 Å². The highest BCUT2D eigenvalue weighted by molar-refractivity contribution is 5.20. The molecular formula is C47H80O15. The van der Waals surface area contributed by atoms with E-state index in [2.05, 4.69) is 55.4 Å². The maximum atomic E-state index is 11.6. The summed E-state index contributed by atoms with van der Waals surface area (Å²) in [5.41, 5.74) is 1.32. The SMILES string of the molecule is C[C@H]1[C@@H](O[C@@H]2OC(CO)[C@@H](O)C(O[C@@H]3OC[C@@H](O)C(O)C3O)C2O[C@@H]2OC(CO)[C@H](O)C(O)C2O)CCC2[C@]3(C)CC[C@@]4(C)C5CC(C)(C)CC[C@]5(C)CC[C@]4(C)C3CC[C@@]21C. The largest absolute Gasteiger partial charge is 0.394 e. The Hall–Kier alpha value is -0.600. The van der Waals surface area contributed by atoms with Crippen molar-refractivity contribution in [3.63, 3.8) is 0 Å². The van der Waals surface area contributed by atoms with Crippen LogP contribution in [0.2, 0.25) is 0 Å². The highest BCUT2D eigenvalue weighted by atomic mass is 16.8. The molecule has 15 nitrogen and oxygen atoms in total. The van der Waals surface area contributed by atoms with Crippen LogP contribution in [0.4, 0.5) is 0 Å². The Balaban J connectivity index is 1.06. The first-order valence-corrected chi connectivity index (χ1v) is 23.9. The zero-order valence-electron chi connectivity index (χ0n) is 38.3. The molecule has 0 spiro atoms. The monoisotopic (exact) mass is 885 g/mol. The Bertz CT molecular complexity index is 1580. The number of aliphatic hydroxyl groups is 9. The summed E-state index contributed by atoms with van der Waals surface area (Å²) < 4.78 is 37.0. The molecule has 8 aliphatic rings. The second kappa shape index (κ2) is 16.9. The number of hydrogen-bond donors (Lipinski definition) is 9. The predicted octanol–water partition coefficient (Wildman–Crippen LogP) is 2.36. The molecule has 11 unspecified atom stereocenters. The molecule has 3 aliphatic heterocycles. The summed E-state index contributed by atoms with van der Waals surface area (Å²) in [7, 11) is 0. The Labute approximate surface area is 367 Å². The molecule has 3 heterocycles. The van der Waals surface area contributed by atoms with E-state index in [0.717, 1.165) is 19.3 Å². The smallest absolute Gasteiger partial charge is 0.187 e. The van der Waals surface area contributed by atoms with Crippen LogP contribution in [0.25, 0.3) is 0 Å². The second-order valence-electron chi connectivity index (χ2n) is 23.5. The molecule has 0 aromatic carbocycles. The molecule has 5 saturated carbocycles. The van der Waals surface area contributed by atoms with Gasteiger partial charge in [0.05, 0.1) is 25.9 Å². The average molecular weight is 885 g/mol. The topological polar surface area (TPSA) is 237 Å². The van der Waals surface area contributed by atoms with E-state index in [1.807, 2.05) is 0 Å². The predicted molar refractivity (Wildman–Crippen MR) is 223 cm³/mol. The minimum absolute atomic E-state index is 0.0318. The van der Waals surface area contributed by atoms with Crippen LogP contribution in [0.5, 0.6) is 0 Å². The molecule has 15 heteroatoms. The fourth-order valence-electron chi connectivity index (χ4n) is 15.5. The highest BCUT2D eigenvalue weighted by Crippen LogP contribution is 2.78. The van der Waals surface area contributed by atoms with Crippen molar-refractivity contribution in [1.82, 2.24) is 0 Å². The number of fused-ring (bicyclic) bond motifs is 7. The van der Waals surface area contributed by atoms with E-state index < -0.39 is 99.2 Å². The molecule has 8 rings (SSSR count). The first-order valence-electron chi connectivity index (χ1n) is 23.9. The molecular weight excluding hydrogens is 805 g/mol. The Morgan fingerprint density at radius 2 is 1.11 bits per heavy atom. The van der Waals surface area contributed by atoms with Crippen molar-refractivity contribution < 1.29 is 74.4 Å². The zero-order chi connectivity index (χ0) is 45.1. The van der Waals surface area contributed by atoms with Crippen LogP contribution in [0.15, 0.2) is 0 Å². The third-order valence-electron chi connectivity index (χ3n) is 19.9. The van der Waals surface area contributed by atoms with Gasteiger partial charge in [-0.25, -0.2) is 0 Å². The summed E-state index contributed by atoms with van der Waals surface area (Å²) in [6.07, 6.45) is -9.45. The van der Waals surface area contributed by atoms with Crippen LogP contribution in [-0.4, -0.2) is 158 Å². The van der Waals surface area contributed by atoms with E-state index in [-0.39, 0.29) is 40.3 Å². The van der Waals surface area contributed by atoms with Crippen molar-refractivity contribution in [2.45, 2.75) is 218 Å². The van der Waals surface area contributed by atoms with Crippen LogP contribution in [0, 0.1) is 56.2 Å². The zero-order valence-corrected chi connectivity index (χ0v) is 38.3. The Morgan fingerprint density at radius 1 is 0.516 bits per heavy atom. The number of rotatable bonds is 8. The normalized spacial score (nSPS) is 57.7. The lowest BCUT2D eigenvalue weighted by Crippen LogP contribution is -2.68. The minimum Gasteiger partial charge on any atom is -0.394 e. The van der Waals surface area contributed by atoms with Gasteiger partial charge in [0.1, 0.15) is 67.1 Å². The average Bonchev–Trinajstić information content (AvgIpc) is 3.23. The first kappa shape index (κ1) is 47.9. The summed E-state index contributed by atoms with van der Waals surface area (Å²) in [4.78, 5) is 0. The van der Waals surface area contributed by atoms with Gasteiger partial charge in [-0.3, -0.25) is 0 Å². The molecule has 62 heavy (non-hydrogen) atoms. The van der Waals surface area contributed by atoms with Crippen LogP contribution in [0.1, 0.15) is 126 Å². The van der Waals surface area contributed by atoms with Crippen molar-refractivity contribution in [3.05, 3.63) is 0 Å². The molecule has 5 aliphatic carbocycles. The van der Waals surface area contributed by atoms with Crippen molar-refractivity contribution in [2.75, 3.05) is 19.8 Å². The van der Waals surface area contributed by atoms with Gasteiger partial charge < -0.3 is 74.4 Å². The van der Waals surface area contributed by atoms with Crippen LogP contribution >= 0.6 is 0 Å². The molecule has 0 amide bonds. The Kier molecular flexibility index (Phi) is 13.0. The van der Waals surface area contributed by atoms with E-state index in [1.54, 1.807) is 0 Å². The number of ether oxygens (including phenoxy) is 6. The van der Waals surface area contributed by atoms with Gasteiger partial charge in [-0.2, -0.15) is 0 Å². The number of aliphatic hydroxyl groups excluding tert-OH is 9. The maximum Gasteiger partial charge on any atom is 0.187 e. The van der Waals surface area contributed by atoms with Crippen molar-refractivity contribution in [3.8, 4) is 0 Å². The molecule has 24 atom stereocenters. The van der Waals surface area contributed by atoms with Gasteiger partial charge in [-0.15, -0.1) is 0 Å². The van der Waals surface area contributed by atoms with Gasteiger partial charge in [0.15, 0.2) is 18.9 Å².